The number of rotatable bonds is 5. The maximum absolute atomic E-state index is 11.7. The van der Waals surface area contributed by atoms with Crippen LogP contribution in [0.25, 0.3) is 0 Å². The summed E-state index contributed by atoms with van der Waals surface area (Å²) >= 11 is 0. The summed E-state index contributed by atoms with van der Waals surface area (Å²) in [5, 5.41) is 13.2. The maximum Gasteiger partial charge on any atom is 0.213 e. The standard InChI is InChI=1S/C12H26N2O3S/c1-5-18(16,17)14-8-6-11(7-9-14)13-10(2)12(3,4)15/h10-11,13,15H,5-9H2,1-4H3. The van der Waals surface area contributed by atoms with Crippen molar-refractivity contribution >= 4 is 10.0 Å². The molecule has 0 radical (unpaired) electrons. The molecule has 0 bridgehead atoms. The van der Waals surface area contributed by atoms with Gasteiger partial charge in [-0.3, -0.25) is 0 Å². The Morgan fingerprint density at radius 2 is 1.89 bits per heavy atom. The van der Waals surface area contributed by atoms with Crippen LogP contribution < -0.4 is 5.32 Å². The van der Waals surface area contributed by atoms with Crippen LogP contribution >= 0.6 is 0 Å². The van der Waals surface area contributed by atoms with E-state index in [0.717, 1.165) is 12.8 Å². The van der Waals surface area contributed by atoms with Crippen molar-refractivity contribution in [3.63, 3.8) is 0 Å². The van der Waals surface area contributed by atoms with Crippen molar-refractivity contribution in [2.75, 3.05) is 18.8 Å². The topological polar surface area (TPSA) is 69.6 Å². The minimum atomic E-state index is -3.05. The average Bonchev–Trinajstić information content (AvgIpc) is 2.28. The van der Waals surface area contributed by atoms with E-state index in [-0.39, 0.29) is 17.8 Å². The highest BCUT2D eigenvalue weighted by Gasteiger charge is 2.30. The monoisotopic (exact) mass is 278 g/mol. The van der Waals surface area contributed by atoms with E-state index in [9.17, 15) is 13.5 Å². The highest BCUT2D eigenvalue weighted by molar-refractivity contribution is 7.89. The molecule has 5 nitrogen and oxygen atoms in total. The van der Waals surface area contributed by atoms with Crippen LogP contribution in [0.2, 0.25) is 0 Å². The van der Waals surface area contributed by atoms with Crippen molar-refractivity contribution in [3.8, 4) is 0 Å². The van der Waals surface area contributed by atoms with Gasteiger partial charge in [-0.2, -0.15) is 0 Å². The molecule has 0 amide bonds. The van der Waals surface area contributed by atoms with Gasteiger partial charge in [0.05, 0.1) is 11.4 Å². The van der Waals surface area contributed by atoms with Crippen LogP contribution in [0.3, 0.4) is 0 Å². The van der Waals surface area contributed by atoms with Crippen molar-refractivity contribution in [1.82, 2.24) is 9.62 Å². The van der Waals surface area contributed by atoms with Crippen molar-refractivity contribution in [1.29, 1.82) is 0 Å². The molecular formula is C12H26N2O3S. The number of aliphatic hydroxyl groups is 1. The van der Waals surface area contributed by atoms with Crippen LogP contribution in [0.5, 0.6) is 0 Å². The molecule has 6 heteroatoms. The summed E-state index contributed by atoms with van der Waals surface area (Å²) in [7, 11) is -3.05. The Morgan fingerprint density at radius 3 is 2.28 bits per heavy atom. The van der Waals surface area contributed by atoms with Gasteiger partial charge < -0.3 is 10.4 Å². The summed E-state index contributed by atoms with van der Waals surface area (Å²) in [6.07, 6.45) is 1.61. The second-order valence-corrected chi connectivity index (χ2v) is 7.87. The van der Waals surface area contributed by atoms with E-state index < -0.39 is 15.6 Å². The maximum atomic E-state index is 11.7. The number of nitrogens with zero attached hydrogens (tertiary/aromatic N) is 1. The molecule has 1 heterocycles. The Morgan fingerprint density at radius 1 is 1.39 bits per heavy atom. The molecule has 1 rings (SSSR count). The van der Waals surface area contributed by atoms with E-state index in [0.29, 0.717) is 13.1 Å². The Hall–Kier alpha value is -0.170. The first-order valence-electron chi connectivity index (χ1n) is 6.63. The molecule has 2 N–H and O–H groups in total. The Balaban J connectivity index is 2.46. The van der Waals surface area contributed by atoms with E-state index >= 15 is 0 Å². The van der Waals surface area contributed by atoms with E-state index in [1.54, 1.807) is 25.1 Å². The zero-order valence-electron chi connectivity index (χ0n) is 11.8. The normalized spacial score (nSPS) is 22.1. The smallest absolute Gasteiger partial charge is 0.213 e. The third kappa shape index (κ3) is 4.19. The summed E-state index contributed by atoms with van der Waals surface area (Å²) in [5.74, 6) is 0.172. The summed E-state index contributed by atoms with van der Waals surface area (Å²) < 4.78 is 25.0. The first kappa shape index (κ1) is 15.9. The van der Waals surface area contributed by atoms with Gasteiger partial charge in [0.25, 0.3) is 0 Å². The summed E-state index contributed by atoms with van der Waals surface area (Å²) in [4.78, 5) is 0. The fourth-order valence-electron chi connectivity index (χ4n) is 2.04. The van der Waals surface area contributed by atoms with Crippen LogP contribution in [-0.4, -0.2) is 54.4 Å². The van der Waals surface area contributed by atoms with Gasteiger partial charge in [-0.05, 0) is 40.5 Å². The second-order valence-electron chi connectivity index (χ2n) is 5.62. The molecule has 18 heavy (non-hydrogen) atoms. The lowest BCUT2D eigenvalue weighted by Gasteiger charge is -2.36. The largest absolute Gasteiger partial charge is 0.389 e. The highest BCUT2D eigenvalue weighted by atomic mass is 32.2. The molecule has 1 fully saturated rings. The van der Waals surface area contributed by atoms with Crippen LogP contribution in [0, 0.1) is 0 Å². The average molecular weight is 278 g/mol. The van der Waals surface area contributed by atoms with Crippen molar-refractivity contribution in [3.05, 3.63) is 0 Å². The van der Waals surface area contributed by atoms with Gasteiger partial charge in [-0.15, -0.1) is 0 Å². The number of piperidine rings is 1. The van der Waals surface area contributed by atoms with Gasteiger partial charge in [-0.25, -0.2) is 12.7 Å². The molecular weight excluding hydrogens is 252 g/mol. The van der Waals surface area contributed by atoms with E-state index in [2.05, 4.69) is 5.32 Å². The predicted molar refractivity (Wildman–Crippen MR) is 73.0 cm³/mol. The zero-order chi connectivity index (χ0) is 14.0. The van der Waals surface area contributed by atoms with Gasteiger partial charge in [0, 0.05) is 25.2 Å². The first-order chi connectivity index (χ1) is 8.16. The molecule has 1 atom stereocenters. The molecule has 0 saturated carbocycles. The van der Waals surface area contributed by atoms with E-state index in [1.807, 2.05) is 6.92 Å². The number of nitrogens with one attached hydrogen (secondary N) is 1. The molecule has 1 aliphatic heterocycles. The van der Waals surface area contributed by atoms with E-state index in [4.69, 9.17) is 0 Å². The van der Waals surface area contributed by atoms with Crippen molar-refractivity contribution < 1.29 is 13.5 Å². The minimum Gasteiger partial charge on any atom is -0.389 e. The molecule has 0 spiro atoms. The quantitative estimate of drug-likeness (QED) is 0.770. The molecule has 0 aliphatic carbocycles. The molecule has 108 valence electrons. The van der Waals surface area contributed by atoms with E-state index in [1.165, 1.54) is 0 Å². The first-order valence-corrected chi connectivity index (χ1v) is 8.24. The van der Waals surface area contributed by atoms with Crippen LogP contribution in [0.15, 0.2) is 0 Å². The van der Waals surface area contributed by atoms with Gasteiger partial charge in [0.1, 0.15) is 0 Å². The van der Waals surface area contributed by atoms with Crippen LogP contribution in [0.1, 0.15) is 40.5 Å². The molecule has 0 aromatic heterocycles. The van der Waals surface area contributed by atoms with Crippen LogP contribution in [-0.2, 0) is 10.0 Å². The molecule has 0 aromatic rings. The number of hydrogen-bond acceptors (Lipinski definition) is 4. The Kier molecular flexibility index (Phi) is 5.17. The SMILES string of the molecule is CCS(=O)(=O)N1CCC(NC(C)C(C)(C)O)CC1. The van der Waals surface area contributed by atoms with Crippen molar-refractivity contribution in [2.24, 2.45) is 0 Å². The molecule has 1 unspecified atom stereocenters. The lowest BCUT2D eigenvalue weighted by atomic mass is 9.97. The van der Waals surface area contributed by atoms with Gasteiger partial charge in [0.15, 0.2) is 0 Å². The number of hydrogen-bond donors (Lipinski definition) is 2. The molecule has 1 saturated heterocycles. The predicted octanol–water partition coefficient (Wildman–Crippen LogP) is 0.550. The Bertz CT molecular complexity index is 354. The highest BCUT2D eigenvalue weighted by Crippen LogP contribution is 2.17. The zero-order valence-corrected chi connectivity index (χ0v) is 12.6. The molecule has 0 aromatic carbocycles. The lowest BCUT2D eigenvalue weighted by molar-refractivity contribution is 0.0370. The Labute approximate surface area is 111 Å². The second kappa shape index (κ2) is 5.86. The van der Waals surface area contributed by atoms with Crippen LogP contribution in [0.4, 0.5) is 0 Å². The third-order valence-corrected chi connectivity index (χ3v) is 5.64. The summed E-state index contributed by atoms with van der Waals surface area (Å²) in [6, 6.07) is 0.284. The van der Waals surface area contributed by atoms with Gasteiger partial charge in [-0.1, -0.05) is 0 Å². The molecule has 1 aliphatic rings. The fraction of sp³-hybridized carbons (Fsp3) is 1.00. The fourth-order valence-corrected chi connectivity index (χ4v) is 3.17. The van der Waals surface area contributed by atoms with Gasteiger partial charge in [0.2, 0.25) is 10.0 Å². The van der Waals surface area contributed by atoms with Crippen molar-refractivity contribution in [2.45, 2.75) is 58.2 Å². The summed E-state index contributed by atoms with van der Waals surface area (Å²) in [5.41, 5.74) is -0.757. The van der Waals surface area contributed by atoms with Gasteiger partial charge >= 0.3 is 0 Å². The summed E-state index contributed by atoms with van der Waals surface area (Å²) in [6.45, 7) is 8.34. The lowest BCUT2D eigenvalue weighted by Crippen LogP contribution is -2.52. The third-order valence-electron chi connectivity index (χ3n) is 3.76. The minimum absolute atomic E-state index is 0.00293. The number of sulfonamides is 1.